The van der Waals surface area contributed by atoms with Crippen LogP contribution in [-0.2, 0) is 12.7 Å². The minimum atomic E-state index is -4.78. The zero-order valence-corrected chi connectivity index (χ0v) is 19.8. The van der Waals surface area contributed by atoms with Gasteiger partial charge in [0, 0.05) is 26.2 Å². The molecule has 0 unspecified atom stereocenters. The lowest BCUT2D eigenvalue weighted by atomic mass is 10.1. The van der Waals surface area contributed by atoms with Gasteiger partial charge in [0.2, 0.25) is 0 Å². The number of carbonyl (C=O) groups is 2. The summed E-state index contributed by atoms with van der Waals surface area (Å²) in [6, 6.07) is 7.85. The average Bonchev–Trinajstić information content (AvgIpc) is 3.12. The van der Waals surface area contributed by atoms with E-state index in [-0.39, 0.29) is 34.8 Å². The third kappa shape index (κ3) is 4.61. The maximum atomic E-state index is 13.8. The van der Waals surface area contributed by atoms with E-state index >= 15 is 0 Å². The Morgan fingerprint density at radius 2 is 1.97 bits per heavy atom. The van der Waals surface area contributed by atoms with Crippen LogP contribution >= 0.6 is 0 Å². The highest BCUT2D eigenvalue weighted by Gasteiger charge is 2.40. The summed E-state index contributed by atoms with van der Waals surface area (Å²) in [6.45, 7) is 2.03. The van der Waals surface area contributed by atoms with Gasteiger partial charge >= 0.3 is 18.0 Å². The summed E-state index contributed by atoms with van der Waals surface area (Å²) in [6.07, 6.45) is -4.06. The summed E-state index contributed by atoms with van der Waals surface area (Å²) in [5.74, 6) is -1.25. The molecule has 0 fully saturated rings. The number of nitrogens with zero attached hydrogens (tertiary/aromatic N) is 2. The number of hydrogen-bond acceptors (Lipinski definition) is 6. The van der Waals surface area contributed by atoms with E-state index in [0.29, 0.717) is 28.9 Å². The molecule has 2 heterocycles. The molecular weight excluding hydrogens is 479 g/mol. The number of aromatic nitrogens is 2. The van der Waals surface area contributed by atoms with E-state index in [4.69, 9.17) is 9.47 Å². The topological polar surface area (TPSA) is 107 Å². The molecule has 9 nitrogen and oxygen atoms in total. The van der Waals surface area contributed by atoms with E-state index in [9.17, 15) is 22.8 Å². The quantitative estimate of drug-likeness (QED) is 0.532. The standard InChI is InChI=1S/C24H22F3N5O4/c1-12-8-16(18(35-4)9-14(12)20(33)28-2)30-23-29-10-15(24(25,26)27)21(31-23)36-17-7-5-6-13-11-32(3)22(34)19(13)17/h5-10H,11H2,1-4H3,(H,28,33)(H,29,30,31)/p+1. The lowest BCUT2D eigenvalue weighted by molar-refractivity contribution is -0.368. The Balaban J connectivity index is 1.74. The molecule has 1 aliphatic rings. The number of fused-ring (bicyclic) bond motifs is 1. The maximum absolute atomic E-state index is 13.8. The van der Waals surface area contributed by atoms with Gasteiger partial charge in [0.15, 0.2) is 11.3 Å². The molecule has 188 valence electrons. The third-order valence-electron chi connectivity index (χ3n) is 5.66. The van der Waals surface area contributed by atoms with Gasteiger partial charge in [-0.05, 0) is 41.2 Å². The van der Waals surface area contributed by atoms with Gasteiger partial charge in [-0.3, -0.25) is 9.59 Å². The number of carbonyl (C=O) groups excluding carboxylic acids is 2. The van der Waals surface area contributed by atoms with Crippen molar-refractivity contribution in [3.05, 3.63) is 64.3 Å². The van der Waals surface area contributed by atoms with Crippen LogP contribution in [0, 0.1) is 6.92 Å². The smallest absolute Gasteiger partial charge is 0.425 e. The van der Waals surface area contributed by atoms with Gasteiger partial charge in [0.05, 0.1) is 18.9 Å². The van der Waals surface area contributed by atoms with Crippen LogP contribution in [0.15, 0.2) is 36.5 Å². The van der Waals surface area contributed by atoms with Gasteiger partial charge < -0.3 is 19.7 Å². The summed E-state index contributed by atoms with van der Waals surface area (Å²) in [5, 5.41) is 5.41. The largest absolute Gasteiger partial charge is 0.493 e. The van der Waals surface area contributed by atoms with Crippen molar-refractivity contribution in [3.63, 3.8) is 0 Å². The molecule has 0 radical (unpaired) electrons. The molecule has 2 aromatic carbocycles. The van der Waals surface area contributed by atoms with Gasteiger partial charge in [0.1, 0.15) is 11.4 Å². The second-order valence-electron chi connectivity index (χ2n) is 8.09. The Morgan fingerprint density at radius 1 is 1.22 bits per heavy atom. The lowest BCUT2D eigenvalue weighted by Gasteiger charge is -2.13. The molecule has 12 heteroatoms. The molecule has 0 aliphatic carbocycles. The molecule has 4 rings (SSSR count). The summed E-state index contributed by atoms with van der Waals surface area (Å²) < 4.78 is 52.2. The fourth-order valence-electron chi connectivity index (χ4n) is 3.86. The Bertz CT molecular complexity index is 1360. The second kappa shape index (κ2) is 9.36. The molecule has 0 atom stereocenters. The minimum Gasteiger partial charge on any atom is -0.493 e. The van der Waals surface area contributed by atoms with Crippen LogP contribution in [0.2, 0.25) is 0 Å². The number of ether oxygens (including phenoxy) is 2. The monoisotopic (exact) mass is 502 g/mol. The minimum absolute atomic E-state index is 0.0274. The van der Waals surface area contributed by atoms with E-state index < -0.39 is 17.6 Å². The van der Waals surface area contributed by atoms with E-state index in [1.54, 1.807) is 32.2 Å². The number of aryl methyl sites for hydroxylation is 1. The Labute approximate surface area is 204 Å². The molecular formula is C24H23F3N5O4+. The van der Waals surface area contributed by atoms with Gasteiger partial charge in [-0.2, -0.15) is 13.2 Å². The van der Waals surface area contributed by atoms with Crippen molar-refractivity contribution >= 4 is 23.5 Å². The van der Waals surface area contributed by atoms with E-state index in [0.717, 1.165) is 6.20 Å². The highest BCUT2D eigenvalue weighted by atomic mass is 19.4. The summed E-state index contributed by atoms with van der Waals surface area (Å²) in [7, 11) is 4.48. The zero-order chi connectivity index (χ0) is 26.2. The molecule has 0 bridgehead atoms. The fourth-order valence-corrected chi connectivity index (χ4v) is 3.86. The number of rotatable bonds is 6. The van der Waals surface area contributed by atoms with Crippen molar-refractivity contribution in [2.45, 2.75) is 19.6 Å². The van der Waals surface area contributed by atoms with Crippen molar-refractivity contribution < 1.29 is 37.2 Å². The van der Waals surface area contributed by atoms with Gasteiger partial charge in [-0.25, -0.2) is 10.3 Å². The number of anilines is 2. The Morgan fingerprint density at radius 3 is 2.64 bits per heavy atom. The summed E-state index contributed by atoms with van der Waals surface area (Å²) in [4.78, 5) is 32.6. The average molecular weight is 502 g/mol. The molecule has 36 heavy (non-hydrogen) atoms. The number of alkyl halides is 3. The molecule has 1 aromatic heterocycles. The van der Waals surface area contributed by atoms with Crippen LogP contribution in [0.5, 0.6) is 17.4 Å². The highest BCUT2D eigenvalue weighted by Crippen LogP contribution is 2.39. The first-order chi connectivity index (χ1) is 17.0. The van der Waals surface area contributed by atoms with Gasteiger partial charge in [-0.15, -0.1) is 0 Å². The van der Waals surface area contributed by atoms with Crippen LogP contribution in [-0.4, -0.2) is 42.9 Å². The molecule has 0 saturated heterocycles. The van der Waals surface area contributed by atoms with Crippen LogP contribution in [0.4, 0.5) is 24.8 Å². The van der Waals surface area contributed by atoms with Gasteiger partial charge in [0.25, 0.3) is 11.8 Å². The normalized spacial score (nSPS) is 12.9. The highest BCUT2D eigenvalue weighted by molar-refractivity contribution is 6.01. The molecule has 0 saturated carbocycles. The number of aromatic amines is 1. The number of H-pyrrole nitrogens is 1. The van der Waals surface area contributed by atoms with Crippen molar-refractivity contribution in [2.24, 2.45) is 0 Å². The summed E-state index contributed by atoms with van der Waals surface area (Å²) in [5.41, 5.74) is 1.02. The summed E-state index contributed by atoms with van der Waals surface area (Å²) >= 11 is 0. The first-order valence-electron chi connectivity index (χ1n) is 10.8. The Kier molecular flexibility index (Phi) is 6.44. The molecule has 2 amide bonds. The van der Waals surface area contributed by atoms with E-state index in [2.05, 4.69) is 20.6 Å². The molecule has 1 aliphatic heterocycles. The van der Waals surface area contributed by atoms with Crippen molar-refractivity contribution in [1.82, 2.24) is 15.2 Å². The van der Waals surface area contributed by atoms with Crippen molar-refractivity contribution in [1.29, 1.82) is 0 Å². The van der Waals surface area contributed by atoms with E-state index in [1.807, 2.05) is 0 Å². The predicted octanol–water partition coefficient (Wildman–Crippen LogP) is 3.71. The number of benzene rings is 2. The number of nitrogens with one attached hydrogen (secondary N) is 3. The van der Waals surface area contributed by atoms with Crippen LogP contribution in [0.25, 0.3) is 0 Å². The second-order valence-corrected chi connectivity index (χ2v) is 8.09. The van der Waals surface area contributed by atoms with Crippen molar-refractivity contribution in [3.8, 4) is 17.4 Å². The lowest BCUT2D eigenvalue weighted by Crippen LogP contribution is -2.21. The van der Waals surface area contributed by atoms with Crippen LogP contribution < -0.4 is 25.1 Å². The number of amides is 2. The number of halogens is 3. The molecule has 3 aromatic rings. The van der Waals surface area contributed by atoms with Crippen molar-refractivity contribution in [2.75, 3.05) is 26.5 Å². The third-order valence-corrected chi connectivity index (χ3v) is 5.66. The van der Waals surface area contributed by atoms with E-state index in [1.165, 1.54) is 31.2 Å². The first kappa shape index (κ1) is 24.8. The maximum Gasteiger partial charge on any atom is 0.425 e. The van der Waals surface area contributed by atoms with Gasteiger partial charge in [-0.1, -0.05) is 12.1 Å². The van der Waals surface area contributed by atoms with Crippen LogP contribution in [0.1, 0.15) is 37.4 Å². The Hall–Kier alpha value is -4.35. The molecule has 0 spiro atoms. The van der Waals surface area contributed by atoms with Crippen LogP contribution in [0.3, 0.4) is 0 Å². The molecule has 3 N–H and O–H groups in total. The predicted molar refractivity (Wildman–Crippen MR) is 123 cm³/mol. The number of hydrogen-bond donors (Lipinski definition) is 2. The first-order valence-corrected chi connectivity index (χ1v) is 10.8. The zero-order valence-electron chi connectivity index (χ0n) is 19.8. The SMILES string of the molecule is CNC(=O)c1cc(OC)c(Nc2nc(Oc3cccc4c3C(=O)N(C)C4)c(C(F)(F)F)c[nH+]2)cc1C. The fraction of sp³-hybridized carbons (Fsp3) is 0.250. The number of methoxy groups -OCH3 is 1.